The Kier molecular flexibility index (Phi) is 4.18. The number of carbonyl (C=O) groups is 2. The van der Waals surface area contributed by atoms with Crippen molar-refractivity contribution in [2.45, 2.75) is 32.7 Å². The molecule has 3 amide bonds. The number of imide groups is 1. The lowest BCUT2D eigenvalue weighted by molar-refractivity contribution is -0.123. The van der Waals surface area contributed by atoms with Crippen LogP contribution in [0.5, 0.6) is 0 Å². The van der Waals surface area contributed by atoms with Gasteiger partial charge < -0.3 is 14.3 Å². The number of aryl methyl sites for hydroxylation is 2. The lowest BCUT2D eigenvalue weighted by Crippen LogP contribution is -2.40. The third kappa shape index (κ3) is 3.07. The van der Waals surface area contributed by atoms with Crippen molar-refractivity contribution in [2.24, 2.45) is 0 Å². The van der Waals surface area contributed by atoms with Gasteiger partial charge in [0.15, 0.2) is 0 Å². The molecule has 2 N–H and O–H groups in total. The van der Waals surface area contributed by atoms with Crippen LogP contribution in [0.25, 0.3) is 22.4 Å². The third-order valence-corrected chi connectivity index (χ3v) is 5.89. The highest BCUT2D eigenvalue weighted by Crippen LogP contribution is 2.30. The van der Waals surface area contributed by atoms with Crippen molar-refractivity contribution in [2.75, 3.05) is 0 Å². The predicted molar refractivity (Wildman–Crippen MR) is 112 cm³/mol. The number of urea groups is 1. The molecule has 1 unspecified atom stereocenters. The second-order valence-electron chi connectivity index (χ2n) is 7.95. The summed E-state index contributed by atoms with van der Waals surface area (Å²) in [5.41, 5.74) is 4.30. The van der Waals surface area contributed by atoms with Crippen LogP contribution in [-0.2, 0) is 16.8 Å². The van der Waals surface area contributed by atoms with Gasteiger partial charge in [-0.3, -0.25) is 10.1 Å². The van der Waals surface area contributed by atoms with Gasteiger partial charge in [-0.25, -0.2) is 4.79 Å². The number of furan rings is 1. The highest BCUT2D eigenvalue weighted by molar-refractivity contribution is 6.07. The fourth-order valence-corrected chi connectivity index (χ4v) is 3.85. The summed E-state index contributed by atoms with van der Waals surface area (Å²) in [5, 5.41) is 10.1. The topological polar surface area (TPSA) is 110 Å². The zero-order chi connectivity index (χ0) is 21.8. The Balaban J connectivity index is 1.44. The maximum absolute atomic E-state index is 12.2. The van der Waals surface area contributed by atoms with Crippen molar-refractivity contribution in [3.63, 3.8) is 0 Å². The summed E-state index contributed by atoms with van der Waals surface area (Å²) < 4.78 is 11.2. The van der Waals surface area contributed by atoms with Crippen molar-refractivity contribution < 1.29 is 18.5 Å². The standard InChI is InChI=1S/C23H20N4O4/c1-12-7-8-17-15(11-30-19(17)13(12)2)10-18-24-20(27-31-18)14-5-4-6-16(9-14)23(3)21(28)25-22(29)26-23/h4-9,11H,10H2,1-3H3,(H2,25,26,28,29). The van der Waals surface area contributed by atoms with Crippen LogP contribution in [0, 0.1) is 13.8 Å². The average molecular weight is 416 g/mol. The summed E-state index contributed by atoms with van der Waals surface area (Å²) in [5.74, 6) is 0.463. The van der Waals surface area contributed by atoms with E-state index >= 15 is 0 Å². The van der Waals surface area contributed by atoms with E-state index in [-0.39, 0.29) is 0 Å². The Hall–Kier alpha value is -3.94. The molecule has 156 valence electrons. The van der Waals surface area contributed by atoms with E-state index in [2.05, 4.69) is 33.8 Å². The maximum Gasteiger partial charge on any atom is 0.322 e. The normalized spacial score (nSPS) is 18.4. The molecule has 1 aliphatic rings. The van der Waals surface area contributed by atoms with E-state index in [9.17, 15) is 9.59 Å². The van der Waals surface area contributed by atoms with Gasteiger partial charge >= 0.3 is 6.03 Å². The van der Waals surface area contributed by atoms with Crippen molar-refractivity contribution in [3.8, 4) is 11.4 Å². The number of fused-ring (bicyclic) bond motifs is 1. The summed E-state index contributed by atoms with van der Waals surface area (Å²) in [6.07, 6.45) is 2.17. The van der Waals surface area contributed by atoms with Crippen LogP contribution in [0.15, 0.2) is 51.6 Å². The first-order valence-electron chi connectivity index (χ1n) is 9.88. The molecule has 0 bridgehead atoms. The Morgan fingerprint density at radius 3 is 2.74 bits per heavy atom. The number of nitrogens with one attached hydrogen (secondary N) is 2. The summed E-state index contributed by atoms with van der Waals surface area (Å²) in [6.45, 7) is 5.74. The number of carbonyl (C=O) groups excluding carboxylic acids is 2. The molecular formula is C23H20N4O4. The minimum atomic E-state index is -1.15. The minimum Gasteiger partial charge on any atom is -0.464 e. The second kappa shape index (κ2) is 6.80. The number of aromatic nitrogens is 2. The molecule has 8 nitrogen and oxygen atoms in total. The molecule has 5 rings (SSSR count). The zero-order valence-corrected chi connectivity index (χ0v) is 17.3. The van der Waals surface area contributed by atoms with Gasteiger partial charge in [-0.1, -0.05) is 35.5 Å². The van der Waals surface area contributed by atoms with Crippen LogP contribution >= 0.6 is 0 Å². The van der Waals surface area contributed by atoms with Gasteiger partial charge in [-0.05, 0) is 43.5 Å². The molecular weight excluding hydrogens is 396 g/mol. The number of nitrogens with zero attached hydrogens (tertiary/aromatic N) is 2. The second-order valence-corrected chi connectivity index (χ2v) is 7.95. The zero-order valence-electron chi connectivity index (χ0n) is 17.3. The SMILES string of the molecule is Cc1ccc2c(Cc3nc(-c4cccc(C5(C)NC(=O)NC5=O)c4)no3)coc2c1C. The Morgan fingerprint density at radius 1 is 1.13 bits per heavy atom. The van der Waals surface area contributed by atoms with E-state index in [0.29, 0.717) is 29.3 Å². The smallest absolute Gasteiger partial charge is 0.322 e. The van der Waals surface area contributed by atoms with Gasteiger partial charge in [0, 0.05) is 16.5 Å². The summed E-state index contributed by atoms with van der Waals surface area (Å²) in [7, 11) is 0. The van der Waals surface area contributed by atoms with Crippen molar-refractivity contribution >= 4 is 22.9 Å². The van der Waals surface area contributed by atoms with Gasteiger partial charge in [0.05, 0.1) is 12.7 Å². The van der Waals surface area contributed by atoms with Crippen molar-refractivity contribution in [1.29, 1.82) is 0 Å². The van der Waals surface area contributed by atoms with Crippen LogP contribution in [0.2, 0.25) is 0 Å². The molecule has 2 aromatic heterocycles. The molecule has 1 saturated heterocycles. The predicted octanol–water partition coefficient (Wildman–Crippen LogP) is 3.75. The van der Waals surface area contributed by atoms with E-state index in [1.807, 2.05) is 19.1 Å². The van der Waals surface area contributed by atoms with Crippen LogP contribution in [0.4, 0.5) is 4.79 Å². The van der Waals surface area contributed by atoms with E-state index in [0.717, 1.165) is 22.1 Å². The molecule has 0 aliphatic carbocycles. The number of benzene rings is 2. The highest BCUT2D eigenvalue weighted by Gasteiger charge is 2.43. The number of hydrogen-bond donors (Lipinski definition) is 2. The molecule has 0 saturated carbocycles. The summed E-state index contributed by atoms with van der Waals surface area (Å²) in [6, 6.07) is 10.8. The third-order valence-electron chi connectivity index (χ3n) is 5.89. The average Bonchev–Trinajstić information content (AvgIpc) is 3.44. The molecule has 0 radical (unpaired) electrons. The molecule has 2 aromatic carbocycles. The molecule has 3 heterocycles. The van der Waals surface area contributed by atoms with Gasteiger partial charge in [0.25, 0.3) is 5.91 Å². The lowest BCUT2D eigenvalue weighted by atomic mass is 9.91. The van der Waals surface area contributed by atoms with E-state index < -0.39 is 17.5 Å². The van der Waals surface area contributed by atoms with Crippen LogP contribution < -0.4 is 10.6 Å². The van der Waals surface area contributed by atoms with Gasteiger partial charge in [0.2, 0.25) is 11.7 Å². The van der Waals surface area contributed by atoms with Crippen molar-refractivity contribution in [1.82, 2.24) is 20.8 Å². The maximum atomic E-state index is 12.2. The van der Waals surface area contributed by atoms with Crippen LogP contribution in [-0.4, -0.2) is 22.1 Å². The Morgan fingerprint density at radius 2 is 1.97 bits per heavy atom. The summed E-state index contributed by atoms with van der Waals surface area (Å²) in [4.78, 5) is 28.3. The quantitative estimate of drug-likeness (QED) is 0.490. The van der Waals surface area contributed by atoms with Gasteiger partial charge in [-0.15, -0.1) is 0 Å². The van der Waals surface area contributed by atoms with Gasteiger partial charge in [0.1, 0.15) is 11.1 Å². The molecule has 0 spiro atoms. The first-order valence-corrected chi connectivity index (χ1v) is 9.88. The number of rotatable bonds is 4. The largest absolute Gasteiger partial charge is 0.464 e. The monoisotopic (exact) mass is 416 g/mol. The fraction of sp³-hybridized carbons (Fsp3) is 0.217. The Bertz CT molecular complexity index is 1350. The fourth-order valence-electron chi connectivity index (χ4n) is 3.85. The molecule has 1 fully saturated rings. The molecule has 31 heavy (non-hydrogen) atoms. The van der Waals surface area contributed by atoms with E-state index in [1.54, 1.807) is 31.4 Å². The first-order chi connectivity index (χ1) is 14.8. The van der Waals surface area contributed by atoms with Crippen LogP contribution in [0.1, 0.15) is 35.1 Å². The molecule has 1 atom stereocenters. The van der Waals surface area contributed by atoms with Crippen LogP contribution in [0.3, 0.4) is 0 Å². The van der Waals surface area contributed by atoms with Crippen molar-refractivity contribution in [3.05, 3.63) is 70.8 Å². The van der Waals surface area contributed by atoms with E-state index in [1.165, 1.54) is 5.56 Å². The van der Waals surface area contributed by atoms with Gasteiger partial charge in [-0.2, -0.15) is 4.98 Å². The molecule has 8 heteroatoms. The minimum absolute atomic E-state index is 0.402. The number of amides is 3. The molecule has 4 aromatic rings. The number of hydrogen-bond acceptors (Lipinski definition) is 6. The summed E-state index contributed by atoms with van der Waals surface area (Å²) >= 11 is 0. The highest BCUT2D eigenvalue weighted by atomic mass is 16.5. The van der Waals surface area contributed by atoms with E-state index in [4.69, 9.17) is 8.94 Å². The lowest BCUT2D eigenvalue weighted by Gasteiger charge is -2.21. The first kappa shape index (κ1) is 19.0. The Labute approximate surface area is 177 Å². The molecule has 1 aliphatic heterocycles.